The minimum absolute atomic E-state index is 0.220. The van der Waals surface area contributed by atoms with Crippen molar-refractivity contribution in [1.29, 1.82) is 0 Å². The molecule has 106 valence electrons. The molecule has 2 rings (SSSR count). The molecule has 0 unspecified atom stereocenters. The van der Waals surface area contributed by atoms with Crippen LogP contribution in [0.3, 0.4) is 0 Å². The van der Waals surface area contributed by atoms with E-state index in [2.05, 4.69) is 19.8 Å². The first-order valence-electron chi connectivity index (χ1n) is 6.70. The zero-order valence-electron chi connectivity index (χ0n) is 11.6. The zero-order chi connectivity index (χ0) is 13.8. The van der Waals surface area contributed by atoms with E-state index >= 15 is 0 Å². The van der Waals surface area contributed by atoms with Crippen LogP contribution in [0.15, 0.2) is 0 Å². The highest BCUT2D eigenvalue weighted by Gasteiger charge is 2.19. The van der Waals surface area contributed by atoms with Gasteiger partial charge in [0.25, 0.3) is 0 Å². The Kier molecular flexibility index (Phi) is 4.96. The van der Waals surface area contributed by atoms with Crippen molar-refractivity contribution < 1.29 is 5.11 Å². The van der Waals surface area contributed by atoms with Crippen LogP contribution >= 0.6 is 11.6 Å². The van der Waals surface area contributed by atoms with E-state index < -0.39 is 0 Å². The number of aryl methyl sites for hydroxylation is 1. The van der Waals surface area contributed by atoms with Gasteiger partial charge in [-0.15, -0.1) is 0 Å². The molecule has 1 aliphatic heterocycles. The minimum Gasteiger partial charge on any atom is -0.395 e. The fourth-order valence-corrected chi connectivity index (χ4v) is 2.64. The van der Waals surface area contributed by atoms with Crippen LogP contribution in [0.1, 0.15) is 17.8 Å². The number of nitrogens with zero attached hydrogens (tertiary/aromatic N) is 4. The predicted molar refractivity (Wildman–Crippen MR) is 76.9 cm³/mol. The Morgan fingerprint density at radius 2 is 1.95 bits per heavy atom. The van der Waals surface area contributed by atoms with Gasteiger partial charge in [0, 0.05) is 31.7 Å². The van der Waals surface area contributed by atoms with Gasteiger partial charge in [-0.25, -0.2) is 9.97 Å². The van der Waals surface area contributed by atoms with Crippen LogP contribution in [-0.4, -0.2) is 59.3 Å². The van der Waals surface area contributed by atoms with Crippen LogP contribution in [0.4, 0.5) is 5.82 Å². The Bertz CT molecular complexity index is 441. The molecule has 1 aliphatic rings. The first-order chi connectivity index (χ1) is 9.11. The largest absolute Gasteiger partial charge is 0.395 e. The smallest absolute Gasteiger partial charge is 0.137 e. The van der Waals surface area contributed by atoms with Gasteiger partial charge in [0.15, 0.2) is 0 Å². The molecule has 0 amide bonds. The number of hydrogen-bond acceptors (Lipinski definition) is 5. The highest BCUT2D eigenvalue weighted by Crippen LogP contribution is 2.24. The normalized spacial score (nSPS) is 17.6. The number of aliphatic hydroxyl groups excluding tert-OH is 1. The van der Waals surface area contributed by atoms with E-state index in [1.807, 2.05) is 13.8 Å². The van der Waals surface area contributed by atoms with Gasteiger partial charge in [-0.2, -0.15) is 0 Å². The fourth-order valence-electron chi connectivity index (χ4n) is 2.44. The van der Waals surface area contributed by atoms with Crippen LogP contribution in [0.2, 0.25) is 5.15 Å². The standard InChI is InChI=1S/C13H21ClN4O/c1-10-12(14)15-11(2)16-13(10)18-5-3-4-17(6-7-18)8-9-19/h19H,3-9H2,1-2H3. The monoisotopic (exact) mass is 284 g/mol. The Morgan fingerprint density at radius 3 is 2.68 bits per heavy atom. The second kappa shape index (κ2) is 6.50. The second-order valence-electron chi connectivity index (χ2n) is 4.92. The van der Waals surface area contributed by atoms with Gasteiger partial charge in [0.1, 0.15) is 16.8 Å². The summed E-state index contributed by atoms with van der Waals surface area (Å²) < 4.78 is 0. The number of aliphatic hydroxyl groups is 1. The molecular weight excluding hydrogens is 264 g/mol. The van der Waals surface area contributed by atoms with Crippen LogP contribution in [0.25, 0.3) is 0 Å². The van der Waals surface area contributed by atoms with Crippen molar-refractivity contribution in [1.82, 2.24) is 14.9 Å². The number of hydrogen-bond donors (Lipinski definition) is 1. The molecule has 0 atom stereocenters. The maximum atomic E-state index is 9.02. The SMILES string of the molecule is Cc1nc(Cl)c(C)c(N2CCCN(CCO)CC2)n1. The third-order valence-corrected chi connectivity index (χ3v) is 3.84. The zero-order valence-corrected chi connectivity index (χ0v) is 12.3. The molecule has 0 radical (unpaired) electrons. The van der Waals surface area contributed by atoms with Gasteiger partial charge in [0.05, 0.1) is 6.61 Å². The molecule has 0 bridgehead atoms. The summed E-state index contributed by atoms with van der Waals surface area (Å²) in [5.74, 6) is 1.66. The highest BCUT2D eigenvalue weighted by molar-refractivity contribution is 6.30. The molecule has 0 spiro atoms. The molecular formula is C13H21ClN4O. The van der Waals surface area contributed by atoms with Gasteiger partial charge in [-0.05, 0) is 26.8 Å². The molecule has 0 aliphatic carbocycles. The Labute approximate surface area is 119 Å². The fraction of sp³-hybridized carbons (Fsp3) is 0.692. The molecule has 2 heterocycles. The number of aromatic nitrogens is 2. The molecule has 0 saturated carbocycles. The number of β-amino-alcohol motifs (C(OH)–C–C–N with tert-alkyl or cyclic N) is 1. The molecule has 1 aromatic rings. The molecule has 1 aromatic heterocycles. The van der Waals surface area contributed by atoms with E-state index in [0.717, 1.165) is 50.5 Å². The van der Waals surface area contributed by atoms with Crippen molar-refractivity contribution in [2.75, 3.05) is 44.2 Å². The highest BCUT2D eigenvalue weighted by atomic mass is 35.5. The minimum atomic E-state index is 0.220. The second-order valence-corrected chi connectivity index (χ2v) is 5.27. The van der Waals surface area contributed by atoms with Crippen LogP contribution in [-0.2, 0) is 0 Å². The summed E-state index contributed by atoms with van der Waals surface area (Å²) in [6, 6.07) is 0. The van der Waals surface area contributed by atoms with Gasteiger partial charge in [-0.1, -0.05) is 11.6 Å². The first-order valence-corrected chi connectivity index (χ1v) is 7.08. The van der Waals surface area contributed by atoms with Crippen molar-refractivity contribution in [3.63, 3.8) is 0 Å². The molecule has 0 aromatic carbocycles. The quantitative estimate of drug-likeness (QED) is 0.847. The average Bonchev–Trinajstić information content (AvgIpc) is 2.60. The lowest BCUT2D eigenvalue weighted by Crippen LogP contribution is -2.33. The lowest BCUT2D eigenvalue weighted by molar-refractivity contribution is 0.204. The summed E-state index contributed by atoms with van der Waals surface area (Å²) in [6.07, 6.45) is 1.07. The number of anilines is 1. The maximum Gasteiger partial charge on any atom is 0.137 e. The lowest BCUT2D eigenvalue weighted by Gasteiger charge is -2.24. The summed E-state index contributed by atoms with van der Waals surface area (Å²) in [6.45, 7) is 8.64. The predicted octanol–water partition coefficient (Wildman–Crippen LogP) is 1.25. The van der Waals surface area contributed by atoms with Crippen molar-refractivity contribution in [2.24, 2.45) is 0 Å². The summed E-state index contributed by atoms with van der Waals surface area (Å²) in [4.78, 5) is 13.3. The Balaban J connectivity index is 2.14. The van der Waals surface area contributed by atoms with E-state index in [4.69, 9.17) is 16.7 Å². The van der Waals surface area contributed by atoms with E-state index in [9.17, 15) is 0 Å². The lowest BCUT2D eigenvalue weighted by atomic mass is 10.3. The van der Waals surface area contributed by atoms with Crippen molar-refractivity contribution in [3.05, 3.63) is 16.5 Å². The van der Waals surface area contributed by atoms with Crippen LogP contribution in [0.5, 0.6) is 0 Å². The van der Waals surface area contributed by atoms with Gasteiger partial charge >= 0.3 is 0 Å². The number of halogens is 1. The van der Waals surface area contributed by atoms with Crippen molar-refractivity contribution in [2.45, 2.75) is 20.3 Å². The molecule has 5 nitrogen and oxygen atoms in total. The third-order valence-electron chi connectivity index (χ3n) is 3.48. The van der Waals surface area contributed by atoms with Crippen molar-refractivity contribution in [3.8, 4) is 0 Å². The van der Waals surface area contributed by atoms with E-state index in [1.54, 1.807) is 0 Å². The van der Waals surface area contributed by atoms with E-state index in [0.29, 0.717) is 11.0 Å². The first kappa shape index (κ1) is 14.5. The maximum absolute atomic E-state index is 9.02. The van der Waals surface area contributed by atoms with E-state index in [1.165, 1.54) is 0 Å². The van der Waals surface area contributed by atoms with Crippen molar-refractivity contribution >= 4 is 17.4 Å². The Hall–Kier alpha value is -0.910. The summed E-state index contributed by atoms with van der Waals surface area (Å²) >= 11 is 6.14. The molecule has 6 heteroatoms. The third kappa shape index (κ3) is 3.55. The molecule has 19 heavy (non-hydrogen) atoms. The molecule has 1 saturated heterocycles. The molecule has 1 N–H and O–H groups in total. The summed E-state index contributed by atoms with van der Waals surface area (Å²) in [7, 11) is 0. The Morgan fingerprint density at radius 1 is 1.16 bits per heavy atom. The van der Waals surface area contributed by atoms with Crippen LogP contribution < -0.4 is 4.90 Å². The molecule has 1 fully saturated rings. The van der Waals surface area contributed by atoms with Gasteiger partial charge in [-0.3, -0.25) is 4.90 Å². The summed E-state index contributed by atoms with van der Waals surface area (Å²) in [5.41, 5.74) is 0.947. The van der Waals surface area contributed by atoms with Gasteiger partial charge < -0.3 is 10.0 Å². The van der Waals surface area contributed by atoms with Crippen LogP contribution in [0, 0.1) is 13.8 Å². The number of rotatable bonds is 3. The topological polar surface area (TPSA) is 52.5 Å². The average molecular weight is 285 g/mol. The summed E-state index contributed by atoms with van der Waals surface area (Å²) in [5, 5.41) is 9.56. The van der Waals surface area contributed by atoms with E-state index in [-0.39, 0.29) is 6.61 Å². The van der Waals surface area contributed by atoms with Gasteiger partial charge in [0.2, 0.25) is 0 Å².